The molecule has 102 valence electrons. The lowest BCUT2D eigenvalue weighted by atomic mass is 10.3. The predicted molar refractivity (Wildman–Crippen MR) is 79.7 cm³/mol. The van der Waals surface area contributed by atoms with Crippen molar-refractivity contribution in [2.75, 3.05) is 6.26 Å². The molecule has 0 unspecified atom stereocenters. The van der Waals surface area contributed by atoms with Crippen LogP contribution in [0.25, 0.3) is 11.0 Å². The van der Waals surface area contributed by atoms with E-state index in [1.807, 2.05) is 23.6 Å². The van der Waals surface area contributed by atoms with Gasteiger partial charge < -0.3 is 9.55 Å². The number of hydrogen-bond acceptors (Lipinski definition) is 3. The van der Waals surface area contributed by atoms with Crippen LogP contribution in [-0.4, -0.2) is 24.2 Å². The Morgan fingerprint density at radius 3 is 2.79 bits per heavy atom. The van der Waals surface area contributed by atoms with Crippen molar-refractivity contribution in [1.82, 2.24) is 9.55 Å². The van der Waals surface area contributed by atoms with E-state index in [2.05, 4.69) is 11.1 Å². The van der Waals surface area contributed by atoms with Gasteiger partial charge in [0.1, 0.15) is 0 Å². The number of rotatable bonds is 4. The van der Waals surface area contributed by atoms with Crippen LogP contribution in [0.15, 0.2) is 35.2 Å². The number of aromatic amines is 1. The molecule has 0 fully saturated rings. The van der Waals surface area contributed by atoms with Crippen molar-refractivity contribution in [1.29, 1.82) is 0 Å². The van der Waals surface area contributed by atoms with Gasteiger partial charge in [0.25, 0.3) is 0 Å². The maximum atomic E-state index is 11.8. The number of aryl methyl sites for hydroxylation is 1. The van der Waals surface area contributed by atoms with E-state index in [1.54, 1.807) is 12.1 Å². The Hall–Kier alpha value is -1.40. The number of nitrogens with one attached hydrogen (secondary N) is 1. The molecule has 0 atom stereocenters. The average molecular weight is 296 g/mol. The second-order valence-electron chi connectivity index (χ2n) is 4.36. The molecular formula is C13H16N2O2S2. The van der Waals surface area contributed by atoms with Crippen molar-refractivity contribution >= 4 is 33.1 Å². The molecule has 4 nitrogen and oxygen atoms in total. The highest BCUT2D eigenvalue weighted by Gasteiger charge is 2.14. The van der Waals surface area contributed by atoms with Gasteiger partial charge in [-0.1, -0.05) is 18.2 Å². The minimum Gasteiger partial charge on any atom is -0.329 e. The number of para-hydroxylation sites is 1. The third-order valence-electron chi connectivity index (χ3n) is 2.93. The van der Waals surface area contributed by atoms with E-state index >= 15 is 0 Å². The molecule has 1 heterocycles. The van der Waals surface area contributed by atoms with Gasteiger partial charge in [0.2, 0.25) is 0 Å². The van der Waals surface area contributed by atoms with Gasteiger partial charge in [0.15, 0.2) is 14.6 Å². The molecule has 0 saturated heterocycles. The summed E-state index contributed by atoms with van der Waals surface area (Å²) in [6, 6.07) is 5.22. The Balaban J connectivity index is 2.63. The van der Waals surface area contributed by atoms with Crippen molar-refractivity contribution in [3.63, 3.8) is 0 Å². The second-order valence-corrected chi connectivity index (χ2v) is 6.73. The largest absolute Gasteiger partial charge is 0.329 e. The van der Waals surface area contributed by atoms with Crippen molar-refractivity contribution in [3.8, 4) is 0 Å². The van der Waals surface area contributed by atoms with E-state index in [4.69, 9.17) is 12.2 Å². The normalized spacial score (nSPS) is 12.5. The lowest BCUT2D eigenvalue weighted by Gasteiger charge is -2.03. The Labute approximate surface area is 117 Å². The average Bonchev–Trinajstić information content (AvgIpc) is 2.64. The van der Waals surface area contributed by atoms with Crippen molar-refractivity contribution in [2.45, 2.75) is 24.8 Å². The molecule has 0 bridgehead atoms. The zero-order chi connectivity index (χ0) is 14.0. The van der Waals surface area contributed by atoms with Crippen molar-refractivity contribution in [3.05, 3.63) is 35.1 Å². The summed E-state index contributed by atoms with van der Waals surface area (Å²) in [5.74, 6) is 0. The molecule has 0 aliphatic heterocycles. The van der Waals surface area contributed by atoms with Crippen molar-refractivity contribution < 1.29 is 8.42 Å². The third-order valence-corrected chi connectivity index (χ3v) is 4.39. The summed E-state index contributed by atoms with van der Waals surface area (Å²) in [6.07, 6.45) is 6.11. The molecule has 19 heavy (non-hydrogen) atoms. The Bertz CT molecular complexity index is 783. The van der Waals surface area contributed by atoms with Gasteiger partial charge in [0, 0.05) is 12.8 Å². The maximum absolute atomic E-state index is 11.8. The van der Waals surface area contributed by atoms with E-state index in [0.29, 0.717) is 15.2 Å². The van der Waals surface area contributed by atoms with Crippen LogP contribution in [0.5, 0.6) is 0 Å². The second kappa shape index (κ2) is 5.30. The van der Waals surface area contributed by atoms with Gasteiger partial charge in [-0.15, -0.1) is 0 Å². The summed E-state index contributed by atoms with van der Waals surface area (Å²) >= 11 is 5.27. The Morgan fingerprint density at radius 2 is 2.16 bits per heavy atom. The fourth-order valence-electron chi connectivity index (χ4n) is 2.06. The monoisotopic (exact) mass is 296 g/mol. The lowest BCUT2D eigenvalue weighted by Crippen LogP contribution is -1.99. The number of aromatic nitrogens is 2. The van der Waals surface area contributed by atoms with Gasteiger partial charge in [0.05, 0.1) is 15.9 Å². The maximum Gasteiger partial charge on any atom is 0.178 e. The quantitative estimate of drug-likeness (QED) is 0.697. The summed E-state index contributed by atoms with van der Waals surface area (Å²) in [4.78, 5) is 3.30. The highest BCUT2D eigenvalue weighted by atomic mass is 32.2. The number of H-pyrrole nitrogens is 1. The minimum absolute atomic E-state index is 0.292. The van der Waals surface area contributed by atoms with Crippen LogP contribution in [0.1, 0.15) is 13.3 Å². The summed E-state index contributed by atoms with van der Waals surface area (Å²) in [5.41, 5.74) is 1.42. The summed E-state index contributed by atoms with van der Waals surface area (Å²) in [5, 5.41) is 0. The number of imidazole rings is 1. The highest BCUT2D eigenvalue weighted by Crippen LogP contribution is 2.22. The van der Waals surface area contributed by atoms with E-state index in [1.165, 1.54) is 6.26 Å². The van der Waals surface area contributed by atoms with Crippen LogP contribution in [0.2, 0.25) is 0 Å². The van der Waals surface area contributed by atoms with E-state index < -0.39 is 9.84 Å². The van der Waals surface area contributed by atoms with E-state index in [-0.39, 0.29) is 0 Å². The van der Waals surface area contributed by atoms with Crippen LogP contribution < -0.4 is 0 Å². The molecule has 1 aromatic carbocycles. The number of benzene rings is 1. The minimum atomic E-state index is -3.26. The van der Waals surface area contributed by atoms with Gasteiger partial charge in [-0.3, -0.25) is 0 Å². The van der Waals surface area contributed by atoms with Crippen molar-refractivity contribution in [2.24, 2.45) is 0 Å². The topological polar surface area (TPSA) is 54.9 Å². The third kappa shape index (κ3) is 2.79. The molecule has 1 N–H and O–H groups in total. The van der Waals surface area contributed by atoms with Gasteiger partial charge in [-0.05, 0) is 37.7 Å². The molecule has 0 radical (unpaired) electrons. The summed E-state index contributed by atoms with van der Waals surface area (Å²) < 4.78 is 26.0. The van der Waals surface area contributed by atoms with Crippen LogP contribution >= 0.6 is 12.2 Å². The molecular weight excluding hydrogens is 280 g/mol. The number of allylic oxidation sites excluding steroid dienone is 2. The van der Waals surface area contributed by atoms with Gasteiger partial charge >= 0.3 is 0 Å². The number of hydrogen-bond donors (Lipinski definition) is 1. The SMILES string of the molecule is C/C=C/CCn1c(=S)[nH]c2c(S(C)(=O)=O)cccc21. The number of fused-ring (bicyclic) bond motifs is 1. The lowest BCUT2D eigenvalue weighted by molar-refractivity contribution is 0.602. The fraction of sp³-hybridized carbons (Fsp3) is 0.308. The first-order valence-corrected chi connectivity index (χ1v) is 8.28. The first kappa shape index (κ1) is 14.0. The molecule has 0 saturated carbocycles. The van der Waals surface area contributed by atoms with Crippen LogP contribution in [0.4, 0.5) is 0 Å². The fourth-order valence-corrected chi connectivity index (χ4v) is 3.20. The zero-order valence-corrected chi connectivity index (χ0v) is 12.5. The first-order valence-electron chi connectivity index (χ1n) is 5.98. The molecule has 6 heteroatoms. The van der Waals surface area contributed by atoms with Crippen LogP contribution in [0.3, 0.4) is 0 Å². The summed E-state index contributed by atoms with van der Waals surface area (Å²) in [7, 11) is -3.26. The molecule has 2 aromatic rings. The molecule has 0 aliphatic carbocycles. The molecule has 2 rings (SSSR count). The number of nitrogens with zero attached hydrogens (tertiary/aromatic N) is 1. The predicted octanol–water partition coefficient (Wildman–Crippen LogP) is 3.07. The summed E-state index contributed by atoms with van der Waals surface area (Å²) in [6.45, 7) is 2.70. The van der Waals surface area contributed by atoms with E-state index in [9.17, 15) is 8.42 Å². The Kier molecular flexibility index (Phi) is 3.91. The van der Waals surface area contributed by atoms with Crippen LogP contribution in [-0.2, 0) is 16.4 Å². The van der Waals surface area contributed by atoms with Crippen LogP contribution in [0, 0.1) is 4.77 Å². The molecule has 0 aliphatic rings. The molecule has 0 spiro atoms. The van der Waals surface area contributed by atoms with Gasteiger partial charge in [-0.25, -0.2) is 8.42 Å². The van der Waals surface area contributed by atoms with E-state index in [0.717, 1.165) is 18.5 Å². The standard InChI is InChI=1S/C13H16N2O2S2/c1-3-4-5-9-15-10-7-6-8-11(19(2,16)17)12(10)14-13(15)18/h3-4,6-8H,5,9H2,1-2H3,(H,14,18)/b4-3+. The molecule has 0 amide bonds. The highest BCUT2D eigenvalue weighted by molar-refractivity contribution is 7.91. The number of sulfone groups is 1. The molecule has 1 aromatic heterocycles. The first-order chi connectivity index (χ1) is 8.95. The Morgan fingerprint density at radius 1 is 1.42 bits per heavy atom. The smallest absolute Gasteiger partial charge is 0.178 e. The zero-order valence-electron chi connectivity index (χ0n) is 10.9. The van der Waals surface area contributed by atoms with Gasteiger partial charge in [-0.2, -0.15) is 0 Å².